The van der Waals surface area contributed by atoms with Crippen LogP contribution in [0.1, 0.15) is 64.8 Å². The largest absolute Gasteiger partial charge is 0.478 e. The SMILES string of the molecule is NCCCCCCCCNc1ccc2c(-c3ccc(C(=O)O)cc3)nn(C(=O)c3c(Cl)cccc3C(F)(F)F)c2c1. The van der Waals surface area contributed by atoms with Gasteiger partial charge in [-0.15, -0.1) is 0 Å². The van der Waals surface area contributed by atoms with Crippen molar-refractivity contribution in [3.63, 3.8) is 0 Å². The Morgan fingerprint density at radius 3 is 2.29 bits per heavy atom. The molecule has 0 amide bonds. The molecule has 11 heteroatoms. The predicted octanol–water partition coefficient (Wildman–Crippen LogP) is 7.47. The summed E-state index contributed by atoms with van der Waals surface area (Å²) in [5, 5.41) is 17.1. The third-order valence-electron chi connectivity index (χ3n) is 6.77. The van der Waals surface area contributed by atoms with Crippen molar-refractivity contribution in [1.82, 2.24) is 9.78 Å². The van der Waals surface area contributed by atoms with Crippen LogP contribution >= 0.6 is 11.6 Å². The second kappa shape index (κ2) is 13.2. The first-order chi connectivity index (χ1) is 19.6. The number of hydrogen-bond donors (Lipinski definition) is 3. The molecule has 4 rings (SSSR count). The first kappa shape index (κ1) is 30.1. The molecule has 41 heavy (non-hydrogen) atoms. The van der Waals surface area contributed by atoms with Crippen LogP contribution in [-0.4, -0.2) is 39.9 Å². The molecule has 3 aromatic carbocycles. The Hall–Kier alpha value is -3.89. The van der Waals surface area contributed by atoms with Gasteiger partial charge >= 0.3 is 12.1 Å². The van der Waals surface area contributed by atoms with Crippen LogP contribution in [0.2, 0.25) is 5.02 Å². The topological polar surface area (TPSA) is 110 Å². The van der Waals surface area contributed by atoms with Crippen molar-refractivity contribution in [2.24, 2.45) is 5.73 Å². The molecule has 7 nitrogen and oxygen atoms in total. The quantitative estimate of drug-likeness (QED) is 0.148. The zero-order valence-electron chi connectivity index (χ0n) is 22.2. The van der Waals surface area contributed by atoms with Crippen molar-refractivity contribution >= 4 is 40.1 Å². The molecule has 0 spiro atoms. The number of aromatic carboxylic acids is 1. The van der Waals surface area contributed by atoms with Gasteiger partial charge in [-0.1, -0.05) is 55.5 Å². The van der Waals surface area contributed by atoms with Crippen LogP contribution in [0.15, 0.2) is 60.7 Å². The molecule has 0 bridgehead atoms. The number of aromatic nitrogens is 2. The lowest BCUT2D eigenvalue weighted by molar-refractivity contribution is -0.137. The van der Waals surface area contributed by atoms with Crippen LogP contribution in [0.25, 0.3) is 22.2 Å². The van der Waals surface area contributed by atoms with Crippen molar-refractivity contribution in [3.8, 4) is 11.3 Å². The van der Waals surface area contributed by atoms with Crippen molar-refractivity contribution in [2.45, 2.75) is 44.7 Å². The molecule has 4 aromatic rings. The average molecular weight is 587 g/mol. The summed E-state index contributed by atoms with van der Waals surface area (Å²) in [6, 6.07) is 14.2. The van der Waals surface area contributed by atoms with E-state index >= 15 is 0 Å². The van der Waals surface area contributed by atoms with E-state index in [9.17, 15) is 27.9 Å². The number of carbonyl (C=O) groups excluding carboxylic acids is 1. The number of nitrogens with one attached hydrogen (secondary N) is 1. The standard InChI is InChI=1S/C30H30ClF3N4O3/c31-24-9-7-8-23(30(32,33)34)26(24)28(39)38-25-18-21(36-17-6-4-2-1-3-5-16-35)14-15-22(25)27(37-38)19-10-12-20(13-11-19)29(40)41/h7-15,18,36H,1-6,16-17,35H2,(H,40,41). The minimum Gasteiger partial charge on any atom is -0.478 e. The van der Waals surface area contributed by atoms with E-state index in [2.05, 4.69) is 10.4 Å². The Morgan fingerprint density at radius 2 is 1.63 bits per heavy atom. The normalized spacial score (nSPS) is 11.6. The summed E-state index contributed by atoms with van der Waals surface area (Å²) >= 11 is 6.14. The minimum absolute atomic E-state index is 0.0605. The van der Waals surface area contributed by atoms with E-state index in [4.69, 9.17) is 17.3 Å². The fourth-order valence-corrected chi connectivity index (χ4v) is 4.91. The molecule has 0 aliphatic rings. The summed E-state index contributed by atoms with van der Waals surface area (Å²) in [6.45, 7) is 1.38. The molecule has 0 atom stereocenters. The van der Waals surface area contributed by atoms with E-state index in [-0.39, 0.29) is 16.1 Å². The number of carboxylic acids is 1. The molecule has 0 saturated heterocycles. The van der Waals surface area contributed by atoms with Crippen molar-refractivity contribution in [3.05, 3.63) is 82.4 Å². The van der Waals surface area contributed by atoms with Gasteiger partial charge in [0.05, 0.1) is 27.2 Å². The van der Waals surface area contributed by atoms with Gasteiger partial charge < -0.3 is 16.2 Å². The molecule has 0 radical (unpaired) electrons. The second-order valence-electron chi connectivity index (χ2n) is 9.68. The van der Waals surface area contributed by atoms with Crippen molar-refractivity contribution < 1.29 is 27.9 Å². The Morgan fingerprint density at radius 1 is 0.951 bits per heavy atom. The maximum Gasteiger partial charge on any atom is 0.417 e. The van der Waals surface area contributed by atoms with Gasteiger partial charge in [0.15, 0.2) is 0 Å². The van der Waals surface area contributed by atoms with E-state index in [1.807, 2.05) is 6.07 Å². The number of fused-ring (bicyclic) bond motifs is 1. The molecule has 216 valence electrons. The first-order valence-electron chi connectivity index (χ1n) is 13.3. The maximum absolute atomic E-state index is 13.8. The molecule has 0 aliphatic heterocycles. The Labute approximate surface area is 240 Å². The number of nitrogens with two attached hydrogens (primary N) is 1. The van der Waals surface area contributed by atoms with Gasteiger partial charge in [0.25, 0.3) is 5.91 Å². The van der Waals surface area contributed by atoms with Crippen molar-refractivity contribution in [2.75, 3.05) is 18.4 Å². The molecule has 1 heterocycles. The summed E-state index contributed by atoms with van der Waals surface area (Å²) < 4.78 is 42.4. The Balaban J connectivity index is 1.70. The lowest BCUT2D eigenvalue weighted by Crippen LogP contribution is -2.20. The molecular formula is C30H30ClF3N4O3. The van der Waals surface area contributed by atoms with Gasteiger partial charge in [0.2, 0.25) is 0 Å². The number of nitrogens with zero attached hydrogens (tertiary/aromatic N) is 2. The number of carboxylic acid groups (broad SMARTS) is 1. The van der Waals surface area contributed by atoms with Crippen LogP contribution in [0.3, 0.4) is 0 Å². The summed E-state index contributed by atoms with van der Waals surface area (Å²) in [7, 11) is 0. The third-order valence-corrected chi connectivity index (χ3v) is 7.09. The number of rotatable bonds is 12. The number of carbonyl (C=O) groups is 2. The number of hydrogen-bond acceptors (Lipinski definition) is 5. The van der Waals surface area contributed by atoms with Crippen LogP contribution < -0.4 is 11.1 Å². The fourth-order valence-electron chi connectivity index (χ4n) is 4.66. The van der Waals surface area contributed by atoms with Crippen LogP contribution in [0.4, 0.5) is 18.9 Å². The molecule has 0 aliphatic carbocycles. The molecule has 0 fully saturated rings. The van der Waals surface area contributed by atoms with Crippen LogP contribution in [-0.2, 0) is 6.18 Å². The zero-order chi connectivity index (χ0) is 29.6. The molecule has 1 aromatic heterocycles. The highest BCUT2D eigenvalue weighted by Gasteiger charge is 2.37. The lowest BCUT2D eigenvalue weighted by Gasteiger charge is -2.14. The van der Waals surface area contributed by atoms with Gasteiger partial charge in [-0.25, -0.2) is 4.79 Å². The van der Waals surface area contributed by atoms with Gasteiger partial charge in [0.1, 0.15) is 5.69 Å². The predicted molar refractivity (Wildman–Crippen MR) is 154 cm³/mol. The van der Waals surface area contributed by atoms with E-state index < -0.39 is 29.2 Å². The first-order valence-corrected chi connectivity index (χ1v) is 13.7. The Kier molecular flexibility index (Phi) is 9.67. The summed E-state index contributed by atoms with van der Waals surface area (Å²) in [5.74, 6) is -2.14. The van der Waals surface area contributed by atoms with E-state index in [0.717, 1.165) is 55.3 Å². The highest BCUT2D eigenvalue weighted by molar-refractivity contribution is 6.34. The summed E-state index contributed by atoms with van der Waals surface area (Å²) in [4.78, 5) is 25.0. The van der Waals surface area contributed by atoms with Gasteiger partial charge in [-0.3, -0.25) is 4.79 Å². The van der Waals surface area contributed by atoms with Crippen LogP contribution in [0, 0.1) is 0 Å². The highest BCUT2D eigenvalue weighted by atomic mass is 35.5. The number of anilines is 1. The molecular weight excluding hydrogens is 557 g/mol. The number of benzene rings is 3. The number of halogens is 4. The van der Waals surface area contributed by atoms with Gasteiger partial charge in [-0.05, 0) is 61.9 Å². The van der Waals surface area contributed by atoms with Crippen LogP contribution in [0.5, 0.6) is 0 Å². The smallest absolute Gasteiger partial charge is 0.417 e. The molecule has 0 saturated carbocycles. The summed E-state index contributed by atoms with van der Waals surface area (Å²) in [6.07, 6.45) is 1.52. The highest BCUT2D eigenvalue weighted by Crippen LogP contribution is 2.37. The summed E-state index contributed by atoms with van der Waals surface area (Å²) in [5.41, 5.74) is 5.50. The Bertz CT molecular complexity index is 1530. The molecule has 0 unspecified atom stereocenters. The third kappa shape index (κ3) is 7.07. The van der Waals surface area contributed by atoms with E-state index in [1.165, 1.54) is 30.3 Å². The average Bonchev–Trinajstić information content (AvgIpc) is 3.32. The number of alkyl halides is 3. The minimum atomic E-state index is -4.81. The monoisotopic (exact) mass is 586 g/mol. The molecule has 4 N–H and O–H groups in total. The van der Waals surface area contributed by atoms with E-state index in [1.54, 1.807) is 12.1 Å². The number of unbranched alkanes of at least 4 members (excludes halogenated alkanes) is 5. The van der Waals surface area contributed by atoms with Gasteiger partial charge in [-0.2, -0.15) is 23.0 Å². The van der Waals surface area contributed by atoms with Crippen molar-refractivity contribution in [1.29, 1.82) is 0 Å². The fraction of sp³-hybridized carbons (Fsp3) is 0.300. The van der Waals surface area contributed by atoms with E-state index in [0.29, 0.717) is 35.4 Å². The maximum atomic E-state index is 13.8. The second-order valence-corrected chi connectivity index (χ2v) is 10.1. The lowest BCUT2D eigenvalue weighted by atomic mass is 10.0. The zero-order valence-corrected chi connectivity index (χ0v) is 22.9. The van der Waals surface area contributed by atoms with Gasteiger partial charge in [0, 0.05) is 23.2 Å².